The van der Waals surface area contributed by atoms with E-state index in [9.17, 15) is 4.79 Å². The highest BCUT2D eigenvalue weighted by molar-refractivity contribution is 7.80. The number of carboxylic acid groups (broad SMARTS) is 1. The Balaban J connectivity index is 2.54. The maximum absolute atomic E-state index is 10.2. The summed E-state index contributed by atoms with van der Waals surface area (Å²) in [6, 6.07) is 9.24. The van der Waals surface area contributed by atoms with E-state index in [0.717, 1.165) is 5.56 Å². The maximum atomic E-state index is 10.2. The number of benzene rings is 1. The molecule has 68 valence electrons. The van der Waals surface area contributed by atoms with E-state index in [0.29, 0.717) is 4.99 Å². The molecule has 2 N–H and O–H groups in total. The van der Waals surface area contributed by atoms with Crippen LogP contribution in [-0.2, 0) is 4.79 Å². The lowest BCUT2D eigenvalue weighted by atomic mass is 10.2. The van der Waals surface area contributed by atoms with Crippen LogP contribution in [0.2, 0.25) is 0 Å². The number of aliphatic carboxylic acids is 1. The first-order valence-corrected chi connectivity index (χ1v) is 4.16. The number of hydrogen-bond donors (Lipinski definition) is 2. The van der Waals surface area contributed by atoms with Crippen molar-refractivity contribution >= 4 is 23.2 Å². The van der Waals surface area contributed by atoms with Crippen LogP contribution in [0.25, 0.3) is 0 Å². The molecular formula is C9H9NO2S. The molecule has 0 heterocycles. The van der Waals surface area contributed by atoms with Crippen molar-refractivity contribution in [2.24, 2.45) is 0 Å². The van der Waals surface area contributed by atoms with Gasteiger partial charge in [-0.15, -0.1) is 0 Å². The summed E-state index contributed by atoms with van der Waals surface area (Å²) in [5.41, 5.74) is 0.832. The molecule has 0 aliphatic carbocycles. The molecule has 0 unspecified atom stereocenters. The van der Waals surface area contributed by atoms with Crippen LogP contribution >= 0.6 is 12.2 Å². The second-order valence-electron chi connectivity index (χ2n) is 2.44. The zero-order chi connectivity index (χ0) is 9.68. The van der Waals surface area contributed by atoms with Crippen LogP contribution in [0.15, 0.2) is 30.3 Å². The highest BCUT2D eigenvalue weighted by atomic mass is 32.1. The van der Waals surface area contributed by atoms with Crippen molar-refractivity contribution in [3.8, 4) is 0 Å². The quantitative estimate of drug-likeness (QED) is 0.707. The van der Waals surface area contributed by atoms with E-state index in [2.05, 4.69) is 5.32 Å². The molecular weight excluding hydrogens is 186 g/mol. The fraction of sp³-hybridized carbons (Fsp3) is 0.111. The molecule has 0 aliphatic rings. The topological polar surface area (TPSA) is 49.3 Å². The van der Waals surface area contributed by atoms with Gasteiger partial charge in [0.2, 0.25) is 0 Å². The van der Waals surface area contributed by atoms with E-state index >= 15 is 0 Å². The molecule has 13 heavy (non-hydrogen) atoms. The summed E-state index contributed by atoms with van der Waals surface area (Å²) in [5, 5.41) is 11.0. The molecule has 0 bridgehead atoms. The van der Waals surface area contributed by atoms with E-state index in [1.54, 1.807) is 0 Å². The fourth-order valence-electron chi connectivity index (χ4n) is 0.847. The van der Waals surface area contributed by atoms with Crippen molar-refractivity contribution in [1.29, 1.82) is 0 Å². The van der Waals surface area contributed by atoms with Crippen LogP contribution in [0.5, 0.6) is 0 Å². The van der Waals surface area contributed by atoms with Crippen LogP contribution in [-0.4, -0.2) is 22.6 Å². The monoisotopic (exact) mass is 195 g/mol. The fourth-order valence-corrected chi connectivity index (χ4v) is 1.06. The minimum absolute atomic E-state index is 0.145. The van der Waals surface area contributed by atoms with Gasteiger partial charge in [-0.1, -0.05) is 42.5 Å². The van der Waals surface area contributed by atoms with Crippen molar-refractivity contribution in [3.63, 3.8) is 0 Å². The van der Waals surface area contributed by atoms with Gasteiger partial charge in [-0.25, -0.2) is 0 Å². The predicted octanol–water partition coefficient (Wildman–Crippen LogP) is 1.04. The van der Waals surface area contributed by atoms with Crippen molar-refractivity contribution in [2.75, 3.05) is 6.54 Å². The maximum Gasteiger partial charge on any atom is 0.322 e. The zero-order valence-corrected chi connectivity index (χ0v) is 7.67. The smallest absolute Gasteiger partial charge is 0.322 e. The number of rotatable bonds is 3. The van der Waals surface area contributed by atoms with Gasteiger partial charge in [-0.2, -0.15) is 0 Å². The third-order valence-corrected chi connectivity index (χ3v) is 1.82. The second-order valence-corrected chi connectivity index (χ2v) is 2.85. The average molecular weight is 195 g/mol. The summed E-state index contributed by atoms with van der Waals surface area (Å²) in [6.45, 7) is -0.145. The third-order valence-electron chi connectivity index (χ3n) is 1.44. The van der Waals surface area contributed by atoms with Gasteiger partial charge in [0.05, 0.1) is 0 Å². The van der Waals surface area contributed by atoms with E-state index in [1.807, 2.05) is 30.3 Å². The first kappa shape index (κ1) is 9.67. The van der Waals surface area contributed by atoms with Crippen LogP contribution in [0, 0.1) is 0 Å². The molecule has 0 saturated carbocycles. The summed E-state index contributed by atoms with van der Waals surface area (Å²) in [6.07, 6.45) is 0. The van der Waals surface area contributed by atoms with Crippen LogP contribution in [0.1, 0.15) is 5.56 Å². The molecule has 0 aliphatic heterocycles. The number of carbonyl (C=O) groups is 1. The van der Waals surface area contributed by atoms with Gasteiger partial charge in [-0.3, -0.25) is 4.79 Å². The van der Waals surface area contributed by atoms with E-state index in [4.69, 9.17) is 17.3 Å². The molecule has 1 aromatic carbocycles. The molecule has 0 aromatic heterocycles. The Labute approximate surface area is 81.4 Å². The van der Waals surface area contributed by atoms with Crippen molar-refractivity contribution in [1.82, 2.24) is 5.32 Å². The lowest BCUT2D eigenvalue weighted by Crippen LogP contribution is -2.28. The number of carboxylic acids is 1. The van der Waals surface area contributed by atoms with Gasteiger partial charge in [0, 0.05) is 5.56 Å². The second kappa shape index (κ2) is 4.57. The van der Waals surface area contributed by atoms with E-state index < -0.39 is 5.97 Å². The molecule has 0 spiro atoms. The number of hydrogen-bond acceptors (Lipinski definition) is 2. The van der Waals surface area contributed by atoms with Crippen molar-refractivity contribution in [3.05, 3.63) is 35.9 Å². The first-order chi connectivity index (χ1) is 6.20. The minimum Gasteiger partial charge on any atom is -0.480 e. The van der Waals surface area contributed by atoms with Crippen molar-refractivity contribution < 1.29 is 9.90 Å². The molecule has 0 radical (unpaired) electrons. The molecule has 4 heteroatoms. The Morgan fingerprint density at radius 2 is 2.00 bits per heavy atom. The van der Waals surface area contributed by atoms with Crippen LogP contribution < -0.4 is 5.32 Å². The molecule has 0 saturated heterocycles. The summed E-state index contributed by atoms with van der Waals surface area (Å²) in [4.78, 5) is 10.7. The summed E-state index contributed by atoms with van der Waals surface area (Å²) in [7, 11) is 0. The van der Waals surface area contributed by atoms with Gasteiger partial charge in [0.15, 0.2) is 0 Å². The Morgan fingerprint density at radius 3 is 2.54 bits per heavy atom. The molecule has 3 nitrogen and oxygen atoms in total. The molecule has 0 amide bonds. The lowest BCUT2D eigenvalue weighted by Gasteiger charge is -2.04. The minimum atomic E-state index is -0.918. The number of nitrogens with one attached hydrogen (secondary N) is 1. The number of thiocarbonyl (C=S) groups is 1. The molecule has 1 aromatic rings. The van der Waals surface area contributed by atoms with Crippen molar-refractivity contribution in [2.45, 2.75) is 0 Å². The Hall–Kier alpha value is -1.42. The van der Waals surface area contributed by atoms with Gasteiger partial charge in [0.25, 0.3) is 0 Å². The molecule has 0 atom stereocenters. The summed E-state index contributed by atoms with van der Waals surface area (Å²) >= 11 is 4.96. The van der Waals surface area contributed by atoms with E-state index in [1.165, 1.54) is 0 Å². The highest BCUT2D eigenvalue weighted by Gasteiger charge is 2.01. The van der Waals surface area contributed by atoms with Gasteiger partial charge >= 0.3 is 5.97 Å². The summed E-state index contributed by atoms with van der Waals surface area (Å²) < 4.78 is 0. The predicted molar refractivity (Wildman–Crippen MR) is 53.8 cm³/mol. The third kappa shape index (κ3) is 3.21. The average Bonchev–Trinajstić information content (AvgIpc) is 2.15. The normalized spacial score (nSPS) is 9.23. The first-order valence-electron chi connectivity index (χ1n) is 3.75. The van der Waals surface area contributed by atoms with Crippen LogP contribution in [0.4, 0.5) is 0 Å². The Kier molecular flexibility index (Phi) is 3.40. The summed E-state index contributed by atoms with van der Waals surface area (Å²) in [5.74, 6) is -0.918. The Morgan fingerprint density at radius 1 is 1.38 bits per heavy atom. The Bertz CT molecular complexity index is 311. The zero-order valence-electron chi connectivity index (χ0n) is 6.86. The SMILES string of the molecule is O=C(O)CNC(=S)c1ccccc1. The molecule has 1 rings (SSSR count). The lowest BCUT2D eigenvalue weighted by molar-refractivity contribution is -0.135. The standard InChI is InChI=1S/C9H9NO2S/c11-8(12)6-10-9(13)7-4-2-1-3-5-7/h1-5H,6H2,(H,10,13)(H,11,12). The highest BCUT2D eigenvalue weighted by Crippen LogP contribution is 1.98. The van der Waals surface area contributed by atoms with Gasteiger partial charge in [-0.05, 0) is 0 Å². The molecule has 0 fully saturated rings. The largest absolute Gasteiger partial charge is 0.480 e. The van der Waals surface area contributed by atoms with E-state index in [-0.39, 0.29) is 6.54 Å². The van der Waals surface area contributed by atoms with Gasteiger partial charge in [0.1, 0.15) is 11.5 Å². The van der Waals surface area contributed by atoms with Crippen LogP contribution in [0.3, 0.4) is 0 Å². The van der Waals surface area contributed by atoms with Gasteiger partial charge < -0.3 is 10.4 Å².